The fraction of sp³-hybridized carbons (Fsp3) is 0.474. The van der Waals surface area contributed by atoms with E-state index in [0.29, 0.717) is 29.6 Å². The molecule has 1 aromatic carbocycles. The van der Waals surface area contributed by atoms with E-state index >= 15 is 0 Å². The molecule has 8 nitrogen and oxygen atoms in total. The van der Waals surface area contributed by atoms with Crippen molar-refractivity contribution in [1.82, 2.24) is 9.62 Å². The predicted octanol–water partition coefficient (Wildman–Crippen LogP) is 1.49. The van der Waals surface area contributed by atoms with Crippen LogP contribution in [0.2, 0.25) is 0 Å². The van der Waals surface area contributed by atoms with Crippen LogP contribution in [-0.2, 0) is 10.0 Å². The number of nitrogens with zero attached hydrogens (tertiary/aromatic N) is 1. The Kier molecular flexibility index (Phi) is 4.67. The van der Waals surface area contributed by atoms with Crippen molar-refractivity contribution < 1.29 is 22.4 Å². The Hall–Kier alpha value is -2.39. The third-order valence-electron chi connectivity index (χ3n) is 5.57. The van der Waals surface area contributed by atoms with Gasteiger partial charge in [-0.05, 0) is 37.8 Å². The zero-order valence-electron chi connectivity index (χ0n) is 15.7. The zero-order valence-corrected chi connectivity index (χ0v) is 16.5. The molecule has 2 unspecified atom stereocenters. The number of methoxy groups -OCH3 is 1. The first kappa shape index (κ1) is 18.9. The molecule has 4 rings (SSSR count). The van der Waals surface area contributed by atoms with Crippen LogP contribution >= 0.6 is 0 Å². The molecule has 3 heterocycles. The summed E-state index contributed by atoms with van der Waals surface area (Å²) in [5.74, 6) is -0.0815. The van der Waals surface area contributed by atoms with Crippen LogP contribution < -0.4 is 15.7 Å². The molecule has 2 saturated heterocycles. The molecular weight excluding hydrogens is 384 g/mol. The number of benzene rings is 1. The Morgan fingerprint density at radius 2 is 1.93 bits per heavy atom. The van der Waals surface area contributed by atoms with Gasteiger partial charge in [0.05, 0.1) is 13.4 Å². The Morgan fingerprint density at radius 1 is 1.25 bits per heavy atom. The fourth-order valence-electron chi connectivity index (χ4n) is 4.49. The highest BCUT2D eigenvalue weighted by Crippen LogP contribution is 2.37. The summed E-state index contributed by atoms with van der Waals surface area (Å²) in [6.45, 7) is 0. The molecule has 1 N–H and O–H groups in total. The summed E-state index contributed by atoms with van der Waals surface area (Å²) < 4.78 is 36.1. The van der Waals surface area contributed by atoms with Gasteiger partial charge in [-0.3, -0.25) is 4.79 Å². The maximum Gasteiger partial charge on any atom is 0.349 e. The number of fused-ring (bicyclic) bond motifs is 3. The molecule has 28 heavy (non-hydrogen) atoms. The lowest BCUT2D eigenvalue weighted by molar-refractivity contribution is 0.0906. The van der Waals surface area contributed by atoms with E-state index in [0.717, 1.165) is 12.8 Å². The number of hydrogen-bond donors (Lipinski definition) is 1. The Labute approximate surface area is 162 Å². The van der Waals surface area contributed by atoms with Gasteiger partial charge in [0.25, 0.3) is 5.91 Å². The number of ether oxygens (including phenoxy) is 1. The first-order valence-corrected chi connectivity index (χ1v) is 11.0. The number of carbonyl (C=O) groups excluding carboxylic acids is 1. The molecule has 2 aliphatic heterocycles. The zero-order chi connectivity index (χ0) is 20.1. The van der Waals surface area contributed by atoms with Crippen LogP contribution in [-0.4, -0.2) is 50.1 Å². The minimum absolute atomic E-state index is 0.0707. The van der Waals surface area contributed by atoms with Gasteiger partial charge in [-0.15, -0.1) is 0 Å². The quantitative estimate of drug-likeness (QED) is 0.771. The summed E-state index contributed by atoms with van der Waals surface area (Å²) in [6.07, 6.45) is 3.90. The van der Waals surface area contributed by atoms with Crippen molar-refractivity contribution in [1.29, 1.82) is 0 Å². The van der Waals surface area contributed by atoms with Crippen molar-refractivity contribution in [2.24, 2.45) is 0 Å². The van der Waals surface area contributed by atoms with E-state index in [9.17, 15) is 18.0 Å². The van der Waals surface area contributed by atoms with Gasteiger partial charge >= 0.3 is 5.63 Å². The molecule has 0 spiro atoms. The standard InChI is InChI=1S/C19H22N2O6S/c1-26-16-5-3-4-11-8-15(19(23)27-17(11)16)18(22)20-12-9-13-6-7-14(10-12)21(13)28(2,24)25/h3-5,8,12-14H,6-7,9-10H2,1-2H3,(H,20,22). The molecule has 2 bridgehead atoms. The molecule has 0 aliphatic carbocycles. The highest BCUT2D eigenvalue weighted by Gasteiger charge is 2.45. The predicted molar refractivity (Wildman–Crippen MR) is 103 cm³/mol. The molecule has 2 atom stereocenters. The second-order valence-corrected chi connectivity index (χ2v) is 9.33. The summed E-state index contributed by atoms with van der Waals surface area (Å²) in [4.78, 5) is 25.0. The lowest BCUT2D eigenvalue weighted by atomic mass is 9.99. The first-order valence-electron chi connectivity index (χ1n) is 9.18. The summed E-state index contributed by atoms with van der Waals surface area (Å²) in [6, 6.07) is 6.29. The number of carbonyl (C=O) groups is 1. The molecule has 150 valence electrons. The third-order valence-corrected chi connectivity index (χ3v) is 6.93. The summed E-state index contributed by atoms with van der Waals surface area (Å²) in [5, 5.41) is 3.48. The minimum Gasteiger partial charge on any atom is -0.493 e. The van der Waals surface area contributed by atoms with Crippen molar-refractivity contribution in [3.05, 3.63) is 40.2 Å². The fourth-order valence-corrected chi connectivity index (χ4v) is 5.96. The summed E-state index contributed by atoms with van der Waals surface area (Å²) >= 11 is 0. The van der Waals surface area contributed by atoms with E-state index in [2.05, 4.69) is 5.32 Å². The average molecular weight is 406 g/mol. The van der Waals surface area contributed by atoms with Gasteiger partial charge in [-0.25, -0.2) is 13.2 Å². The van der Waals surface area contributed by atoms with Crippen LogP contribution in [0.15, 0.2) is 33.5 Å². The molecule has 2 aromatic rings. The topological polar surface area (TPSA) is 106 Å². The highest BCUT2D eigenvalue weighted by atomic mass is 32.2. The van der Waals surface area contributed by atoms with E-state index in [1.54, 1.807) is 22.5 Å². The maximum absolute atomic E-state index is 12.7. The first-order chi connectivity index (χ1) is 13.3. The van der Waals surface area contributed by atoms with E-state index in [1.165, 1.54) is 19.4 Å². The molecule has 1 aromatic heterocycles. The number of piperidine rings is 1. The van der Waals surface area contributed by atoms with Crippen LogP contribution in [0.4, 0.5) is 0 Å². The van der Waals surface area contributed by atoms with Gasteiger partial charge in [0.1, 0.15) is 5.56 Å². The largest absolute Gasteiger partial charge is 0.493 e. The number of hydrogen-bond acceptors (Lipinski definition) is 6. The van der Waals surface area contributed by atoms with Crippen LogP contribution in [0.25, 0.3) is 11.0 Å². The smallest absolute Gasteiger partial charge is 0.349 e. The molecule has 9 heteroatoms. The van der Waals surface area contributed by atoms with Crippen LogP contribution in [0.3, 0.4) is 0 Å². The van der Waals surface area contributed by atoms with Crippen LogP contribution in [0.5, 0.6) is 5.75 Å². The Bertz CT molecular complexity index is 1080. The highest BCUT2D eigenvalue weighted by molar-refractivity contribution is 7.88. The van der Waals surface area contributed by atoms with Gasteiger partial charge in [-0.1, -0.05) is 12.1 Å². The monoisotopic (exact) mass is 406 g/mol. The van der Waals surface area contributed by atoms with Crippen molar-refractivity contribution in [3.63, 3.8) is 0 Å². The van der Waals surface area contributed by atoms with Gasteiger partial charge in [-0.2, -0.15) is 4.31 Å². The van der Waals surface area contributed by atoms with E-state index < -0.39 is 21.6 Å². The van der Waals surface area contributed by atoms with Crippen molar-refractivity contribution in [3.8, 4) is 5.75 Å². The number of rotatable bonds is 4. The number of nitrogens with one attached hydrogen (secondary N) is 1. The Balaban J connectivity index is 1.55. The lowest BCUT2D eigenvalue weighted by Gasteiger charge is -2.37. The van der Waals surface area contributed by atoms with Crippen molar-refractivity contribution in [2.75, 3.05) is 13.4 Å². The molecule has 1 amide bonds. The second-order valence-electron chi connectivity index (χ2n) is 7.45. The minimum atomic E-state index is -3.26. The second kappa shape index (κ2) is 6.89. The molecule has 2 aliphatic rings. The van der Waals surface area contributed by atoms with Crippen LogP contribution in [0.1, 0.15) is 36.0 Å². The normalized spacial score (nSPS) is 25.0. The van der Waals surface area contributed by atoms with Gasteiger partial charge in [0, 0.05) is 23.5 Å². The summed E-state index contributed by atoms with van der Waals surface area (Å²) in [5.41, 5.74) is -0.504. The molecule has 2 fully saturated rings. The Morgan fingerprint density at radius 3 is 2.54 bits per heavy atom. The van der Waals surface area contributed by atoms with Gasteiger partial charge < -0.3 is 14.5 Å². The number of para-hydroxylation sites is 1. The van der Waals surface area contributed by atoms with E-state index in [-0.39, 0.29) is 23.7 Å². The van der Waals surface area contributed by atoms with E-state index in [4.69, 9.17) is 9.15 Å². The van der Waals surface area contributed by atoms with Crippen molar-refractivity contribution in [2.45, 2.75) is 43.8 Å². The van der Waals surface area contributed by atoms with Crippen molar-refractivity contribution >= 4 is 26.9 Å². The van der Waals surface area contributed by atoms with Gasteiger partial charge in [0.15, 0.2) is 11.3 Å². The molecule has 0 radical (unpaired) electrons. The lowest BCUT2D eigenvalue weighted by Crippen LogP contribution is -2.52. The average Bonchev–Trinajstić information content (AvgIpc) is 2.93. The third kappa shape index (κ3) is 3.29. The van der Waals surface area contributed by atoms with Gasteiger partial charge in [0.2, 0.25) is 10.0 Å². The van der Waals surface area contributed by atoms with E-state index in [1.807, 2.05) is 0 Å². The number of sulfonamides is 1. The SMILES string of the molecule is COc1cccc2cc(C(=O)NC3CC4CCC(C3)N4S(C)(=O)=O)c(=O)oc12. The van der Waals surface area contributed by atoms with Crippen LogP contribution in [0, 0.1) is 0 Å². The number of amides is 1. The molecule has 0 saturated carbocycles. The molecular formula is C19H22N2O6S. The maximum atomic E-state index is 12.7. The summed E-state index contributed by atoms with van der Waals surface area (Å²) in [7, 11) is -1.78.